The van der Waals surface area contributed by atoms with Crippen LogP contribution in [0.1, 0.15) is 44.6 Å². The van der Waals surface area contributed by atoms with E-state index in [1.807, 2.05) is 18.2 Å². The van der Waals surface area contributed by atoms with Crippen molar-refractivity contribution in [3.63, 3.8) is 0 Å². The lowest BCUT2D eigenvalue weighted by atomic mass is 9.79. The third-order valence-corrected chi connectivity index (χ3v) is 7.53. The predicted octanol–water partition coefficient (Wildman–Crippen LogP) is -0.0172. The molecule has 1 aliphatic carbocycles. The van der Waals surface area contributed by atoms with Gasteiger partial charge in [-0.3, -0.25) is 4.79 Å². The van der Waals surface area contributed by atoms with Crippen molar-refractivity contribution in [2.45, 2.75) is 62.8 Å². The Morgan fingerprint density at radius 3 is 2.71 bits per heavy atom. The second-order valence-electron chi connectivity index (χ2n) is 9.79. The van der Waals surface area contributed by atoms with E-state index in [0.29, 0.717) is 30.5 Å². The Morgan fingerprint density at radius 1 is 1.09 bits per heavy atom. The number of hydrogen-bond donors (Lipinski definition) is 1. The molecule has 0 radical (unpaired) electrons. The molecular weight excluding hydrogens is 458 g/mol. The highest BCUT2D eigenvalue weighted by Crippen LogP contribution is 2.44. The Kier molecular flexibility index (Phi) is 5.56. The zero-order valence-electron chi connectivity index (χ0n) is 19.1. The zero-order valence-corrected chi connectivity index (χ0v) is 19.1. The number of benzene rings is 1. The first-order valence-electron chi connectivity index (χ1n) is 11.9. The number of ether oxygens (including phenoxy) is 4. The smallest absolute Gasteiger partial charge is 0.231 e. The topological polar surface area (TPSA) is 150 Å². The average Bonchev–Trinajstić information content (AvgIpc) is 3.62. The number of hydrogen-bond acceptors (Lipinski definition) is 10. The Balaban J connectivity index is 1.14. The van der Waals surface area contributed by atoms with Crippen LogP contribution in [0.15, 0.2) is 18.2 Å². The van der Waals surface area contributed by atoms with Crippen molar-refractivity contribution in [2.75, 3.05) is 20.0 Å². The molecule has 6 rings (SSSR count). The standard InChI is InChI=1S/C23H27N5O7/c29-18(8-23(9-19(30)31)5-1-2-6-23)24-14-10-32-21-15(11-33-20(14)21)28-22(25-26-27-28)13-3-4-16-17(7-13)35-12-34-16/h3-4,7,14-15,20-21H,1-2,5-6,8-12H2,(H,24,29)(H,30,31)/p-1/t14-,15-,20+,21+/m0/s1. The Bertz CT molecular complexity index is 1130. The van der Waals surface area contributed by atoms with Gasteiger partial charge in [0.25, 0.3) is 0 Å². The van der Waals surface area contributed by atoms with Gasteiger partial charge in [-0.1, -0.05) is 12.8 Å². The highest BCUT2D eigenvalue weighted by Gasteiger charge is 2.50. The summed E-state index contributed by atoms with van der Waals surface area (Å²) in [5.41, 5.74) is 0.257. The molecule has 2 saturated heterocycles. The number of aliphatic carboxylic acids is 1. The normalized spacial score (nSPS) is 28.2. The molecule has 1 aromatic heterocycles. The molecule has 35 heavy (non-hydrogen) atoms. The van der Waals surface area contributed by atoms with Gasteiger partial charge in [-0.15, -0.1) is 5.10 Å². The third-order valence-electron chi connectivity index (χ3n) is 7.53. The number of nitrogens with zero attached hydrogens (tertiary/aromatic N) is 4. The lowest BCUT2D eigenvalue weighted by molar-refractivity contribution is -0.308. The van der Waals surface area contributed by atoms with E-state index in [1.165, 1.54) is 0 Å². The maximum atomic E-state index is 12.9. The maximum Gasteiger partial charge on any atom is 0.231 e. The summed E-state index contributed by atoms with van der Waals surface area (Å²) < 4.78 is 24.6. The van der Waals surface area contributed by atoms with Crippen molar-refractivity contribution in [3.8, 4) is 22.9 Å². The number of fused-ring (bicyclic) bond motifs is 2. The molecule has 0 unspecified atom stereocenters. The Morgan fingerprint density at radius 2 is 1.89 bits per heavy atom. The van der Waals surface area contributed by atoms with Crippen molar-refractivity contribution in [1.82, 2.24) is 25.5 Å². The van der Waals surface area contributed by atoms with E-state index in [9.17, 15) is 14.7 Å². The largest absolute Gasteiger partial charge is 0.550 e. The SMILES string of the molecule is O=C([O-])CC1(CC(=O)N[C@H]2CO[C@H]3[C@@H]2OC[C@@H]3n2nnnc2-c2ccc3c(c2)OCO3)CCCC1. The molecule has 1 saturated carbocycles. The second-order valence-corrected chi connectivity index (χ2v) is 9.79. The number of nitrogens with one attached hydrogen (secondary N) is 1. The lowest BCUT2D eigenvalue weighted by Gasteiger charge is -2.29. The summed E-state index contributed by atoms with van der Waals surface area (Å²) in [6.45, 7) is 0.810. The van der Waals surface area contributed by atoms with Crippen molar-refractivity contribution in [3.05, 3.63) is 18.2 Å². The summed E-state index contributed by atoms with van der Waals surface area (Å²) >= 11 is 0. The summed E-state index contributed by atoms with van der Waals surface area (Å²) in [6, 6.07) is 4.93. The summed E-state index contributed by atoms with van der Waals surface area (Å²) in [4.78, 5) is 24.1. The monoisotopic (exact) mass is 484 g/mol. The molecule has 0 spiro atoms. The molecule has 186 valence electrons. The van der Waals surface area contributed by atoms with E-state index in [-0.39, 0.29) is 49.8 Å². The van der Waals surface area contributed by atoms with Gasteiger partial charge < -0.3 is 34.2 Å². The molecule has 3 fully saturated rings. The van der Waals surface area contributed by atoms with Crippen LogP contribution in [0.2, 0.25) is 0 Å². The minimum Gasteiger partial charge on any atom is -0.550 e. The van der Waals surface area contributed by atoms with Gasteiger partial charge in [0.2, 0.25) is 12.7 Å². The first-order chi connectivity index (χ1) is 17.0. The predicted molar refractivity (Wildman–Crippen MR) is 115 cm³/mol. The van der Waals surface area contributed by atoms with Gasteiger partial charge in [0.15, 0.2) is 17.3 Å². The molecule has 1 N–H and O–H groups in total. The fraction of sp³-hybridized carbons (Fsp3) is 0.609. The van der Waals surface area contributed by atoms with Crippen molar-refractivity contribution in [1.29, 1.82) is 0 Å². The number of carbonyl (C=O) groups is 2. The van der Waals surface area contributed by atoms with Crippen molar-refractivity contribution >= 4 is 11.9 Å². The van der Waals surface area contributed by atoms with Gasteiger partial charge in [0.1, 0.15) is 18.2 Å². The first-order valence-corrected chi connectivity index (χ1v) is 11.9. The van der Waals surface area contributed by atoms with Gasteiger partial charge >= 0.3 is 0 Å². The molecule has 1 amide bonds. The van der Waals surface area contributed by atoms with E-state index in [2.05, 4.69) is 20.8 Å². The summed E-state index contributed by atoms with van der Waals surface area (Å²) in [7, 11) is 0. The quantitative estimate of drug-likeness (QED) is 0.568. The molecule has 12 nitrogen and oxygen atoms in total. The minimum atomic E-state index is -1.11. The molecule has 3 aliphatic heterocycles. The van der Waals surface area contributed by atoms with Crippen LogP contribution in [-0.4, -0.2) is 70.3 Å². The number of carboxylic acid groups (broad SMARTS) is 1. The van der Waals surface area contributed by atoms with E-state index in [1.54, 1.807) is 4.68 Å². The number of aromatic nitrogens is 4. The van der Waals surface area contributed by atoms with Gasteiger partial charge in [0.05, 0.1) is 19.3 Å². The van der Waals surface area contributed by atoms with Crippen molar-refractivity contribution in [2.24, 2.45) is 5.41 Å². The van der Waals surface area contributed by atoms with E-state index in [4.69, 9.17) is 18.9 Å². The van der Waals surface area contributed by atoms with Crippen LogP contribution in [0.3, 0.4) is 0 Å². The average molecular weight is 484 g/mol. The molecular formula is C23H26N5O7-. The Labute approximate surface area is 200 Å². The summed E-state index contributed by atoms with van der Waals surface area (Å²) in [6.07, 6.45) is 2.71. The number of carboxylic acids is 1. The second kappa shape index (κ2) is 8.76. The molecule has 1 aromatic carbocycles. The van der Waals surface area contributed by atoms with Crippen LogP contribution in [0.4, 0.5) is 0 Å². The molecule has 12 heteroatoms. The molecule has 4 heterocycles. The first kappa shape index (κ1) is 22.2. The number of carbonyl (C=O) groups excluding carboxylic acids is 2. The number of tetrazole rings is 1. The van der Waals surface area contributed by atoms with Gasteiger partial charge in [-0.25, -0.2) is 4.68 Å². The Hall–Kier alpha value is -3.25. The third kappa shape index (κ3) is 4.10. The van der Waals surface area contributed by atoms with E-state index in [0.717, 1.165) is 31.2 Å². The highest BCUT2D eigenvalue weighted by molar-refractivity contribution is 5.78. The minimum absolute atomic E-state index is 0.0891. The molecule has 4 aliphatic rings. The highest BCUT2D eigenvalue weighted by atomic mass is 16.7. The lowest BCUT2D eigenvalue weighted by Crippen LogP contribution is -2.46. The molecule has 2 aromatic rings. The van der Waals surface area contributed by atoms with E-state index < -0.39 is 11.4 Å². The van der Waals surface area contributed by atoms with Crippen LogP contribution in [0.25, 0.3) is 11.4 Å². The fourth-order valence-corrected chi connectivity index (χ4v) is 5.90. The van der Waals surface area contributed by atoms with Crippen LogP contribution >= 0.6 is 0 Å². The molecule has 4 atom stereocenters. The summed E-state index contributed by atoms with van der Waals surface area (Å²) in [5, 5.41) is 26.5. The van der Waals surface area contributed by atoms with Gasteiger partial charge in [0, 0.05) is 18.0 Å². The number of amides is 1. The van der Waals surface area contributed by atoms with E-state index >= 15 is 0 Å². The van der Waals surface area contributed by atoms with Gasteiger partial charge in [-0.05, 0) is 53.3 Å². The van der Waals surface area contributed by atoms with Crippen LogP contribution < -0.4 is 19.9 Å². The summed E-state index contributed by atoms with van der Waals surface area (Å²) in [5.74, 6) is 0.576. The maximum absolute atomic E-state index is 12.9. The van der Waals surface area contributed by atoms with Crippen LogP contribution in [0.5, 0.6) is 11.5 Å². The molecule has 0 bridgehead atoms. The van der Waals surface area contributed by atoms with Gasteiger partial charge in [-0.2, -0.15) is 0 Å². The van der Waals surface area contributed by atoms with Crippen molar-refractivity contribution < 1.29 is 33.6 Å². The number of rotatable bonds is 7. The van der Waals surface area contributed by atoms with Crippen LogP contribution in [0, 0.1) is 5.41 Å². The van der Waals surface area contributed by atoms with Crippen LogP contribution in [-0.2, 0) is 19.1 Å². The fourth-order valence-electron chi connectivity index (χ4n) is 5.90. The zero-order chi connectivity index (χ0) is 24.0.